The third-order valence-electron chi connectivity index (χ3n) is 3.07. The normalized spacial score (nSPS) is 17.7. The fourth-order valence-corrected chi connectivity index (χ4v) is 3.17. The number of nitrogens with one attached hydrogen (secondary N) is 1. The van der Waals surface area contributed by atoms with Gasteiger partial charge in [0.1, 0.15) is 5.82 Å². The minimum absolute atomic E-state index is 1.02. The summed E-state index contributed by atoms with van der Waals surface area (Å²) >= 11 is 2.05. The van der Waals surface area contributed by atoms with Crippen LogP contribution in [0.5, 0.6) is 0 Å². The van der Waals surface area contributed by atoms with E-state index in [2.05, 4.69) is 34.0 Å². The van der Waals surface area contributed by atoms with Gasteiger partial charge in [-0.25, -0.2) is 0 Å². The van der Waals surface area contributed by atoms with E-state index < -0.39 is 0 Å². The molecule has 5 heteroatoms. The van der Waals surface area contributed by atoms with Gasteiger partial charge in [0.2, 0.25) is 0 Å². The zero-order valence-corrected chi connectivity index (χ0v) is 11.1. The van der Waals surface area contributed by atoms with Crippen molar-refractivity contribution < 1.29 is 0 Å². The molecule has 0 radical (unpaired) electrons. The second kappa shape index (κ2) is 5.10. The van der Waals surface area contributed by atoms with Crippen LogP contribution in [0.15, 0.2) is 0 Å². The van der Waals surface area contributed by atoms with Crippen molar-refractivity contribution in [3.8, 4) is 0 Å². The molecule has 1 aromatic heterocycles. The Morgan fingerprint density at radius 2 is 2.06 bits per heavy atom. The molecule has 1 aliphatic heterocycles. The van der Waals surface area contributed by atoms with Crippen LogP contribution < -0.4 is 5.32 Å². The molecule has 2 heterocycles. The lowest BCUT2D eigenvalue weighted by atomic mass is 10.2. The molecule has 0 spiro atoms. The molecule has 16 heavy (non-hydrogen) atoms. The second-order valence-electron chi connectivity index (χ2n) is 4.17. The Hall–Kier alpha value is -0.680. The molecule has 0 aromatic carbocycles. The van der Waals surface area contributed by atoms with Crippen LogP contribution in [0.25, 0.3) is 0 Å². The van der Waals surface area contributed by atoms with Gasteiger partial charge in [0.15, 0.2) is 0 Å². The number of anilines is 1. The van der Waals surface area contributed by atoms with E-state index in [-0.39, 0.29) is 0 Å². The molecule has 2 rings (SSSR count). The van der Waals surface area contributed by atoms with Crippen LogP contribution in [0.1, 0.15) is 11.3 Å². The molecule has 0 bridgehead atoms. The van der Waals surface area contributed by atoms with E-state index in [1.54, 1.807) is 0 Å². The molecule has 1 aliphatic rings. The average molecular weight is 240 g/mol. The van der Waals surface area contributed by atoms with Crippen molar-refractivity contribution in [3.63, 3.8) is 0 Å². The SMILES string of the molecule is CNc1c(CN2CCSCC2)c(C)nn1C. The highest BCUT2D eigenvalue weighted by Gasteiger charge is 2.17. The first-order valence-electron chi connectivity index (χ1n) is 5.72. The van der Waals surface area contributed by atoms with Gasteiger partial charge in [-0.2, -0.15) is 16.9 Å². The van der Waals surface area contributed by atoms with Crippen molar-refractivity contribution in [2.75, 3.05) is 37.0 Å². The van der Waals surface area contributed by atoms with E-state index in [0.29, 0.717) is 0 Å². The molecule has 0 amide bonds. The van der Waals surface area contributed by atoms with Crippen molar-refractivity contribution in [3.05, 3.63) is 11.3 Å². The van der Waals surface area contributed by atoms with Gasteiger partial charge in [0, 0.05) is 50.8 Å². The van der Waals surface area contributed by atoms with Crippen LogP contribution in [-0.4, -0.2) is 46.3 Å². The van der Waals surface area contributed by atoms with Gasteiger partial charge in [0.25, 0.3) is 0 Å². The minimum Gasteiger partial charge on any atom is -0.373 e. The molecule has 1 aromatic rings. The summed E-state index contributed by atoms with van der Waals surface area (Å²) in [6.45, 7) is 5.51. The first kappa shape index (κ1) is 11.8. The molecule has 1 saturated heterocycles. The fourth-order valence-electron chi connectivity index (χ4n) is 2.19. The fraction of sp³-hybridized carbons (Fsp3) is 0.727. The van der Waals surface area contributed by atoms with E-state index in [4.69, 9.17) is 0 Å². The van der Waals surface area contributed by atoms with Crippen molar-refractivity contribution in [1.82, 2.24) is 14.7 Å². The number of hydrogen-bond donors (Lipinski definition) is 1. The summed E-state index contributed by atoms with van der Waals surface area (Å²) in [6, 6.07) is 0. The largest absolute Gasteiger partial charge is 0.373 e. The predicted octanol–water partition coefficient (Wildman–Crippen LogP) is 1.32. The molecular weight excluding hydrogens is 220 g/mol. The molecule has 1 N–H and O–H groups in total. The highest BCUT2D eigenvalue weighted by atomic mass is 32.2. The van der Waals surface area contributed by atoms with E-state index in [0.717, 1.165) is 18.1 Å². The second-order valence-corrected chi connectivity index (χ2v) is 5.40. The van der Waals surface area contributed by atoms with E-state index in [1.807, 2.05) is 18.8 Å². The molecular formula is C11H20N4S. The first-order chi connectivity index (χ1) is 7.72. The number of aromatic nitrogens is 2. The third kappa shape index (κ3) is 2.35. The van der Waals surface area contributed by atoms with Gasteiger partial charge < -0.3 is 5.32 Å². The van der Waals surface area contributed by atoms with E-state index in [9.17, 15) is 0 Å². The number of aryl methyl sites for hydroxylation is 2. The molecule has 0 unspecified atom stereocenters. The van der Waals surface area contributed by atoms with Crippen LogP contribution >= 0.6 is 11.8 Å². The molecule has 1 fully saturated rings. The van der Waals surface area contributed by atoms with Crippen LogP contribution in [0.4, 0.5) is 5.82 Å². The van der Waals surface area contributed by atoms with Crippen molar-refractivity contribution in [1.29, 1.82) is 0 Å². The van der Waals surface area contributed by atoms with Gasteiger partial charge in [-0.1, -0.05) is 0 Å². The summed E-state index contributed by atoms with van der Waals surface area (Å²) in [5.74, 6) is 3.67. The van der Waals surface area contributed by atoms with Gasteiger partial charge in [-0.15, -0.1) is 0 Å². The van der Waals surface area contributed by atoms with Crippen molar-refractivity contribution in [2.45, 2.75) is 13.5 Å². The Morgan fingerprint density at radius 1 is 1.38 bits per heavy atom. The number of rotatable bonds is 3. The summed E-state index contributed by atoms with van der Waals surface area (Å²) < 4.78 is 1.93. The highest BCUT2D eigenvalue weighted by molar-refractivity contribution is 7.99. The lowest BCUT2D eigenvalue weighted by molar-refractivity contribution is 0.294. The van der Waals surface area contributed by atoms with Gasteiger partial charge in [-0.3, -0.25) is 9.58 Å². The summed E-state index contributed by atoms with van der Waals surface area (Å²) in [5.41, 5.74) is 2.49. The molecule has 4 nitrogen and oxygen atoms in total. The van der Waals surface area contributed by atoms with Crippen LogP contribution in [0.3, 0.4) is 0 Å². The Balaban J connectivity index is 2.13. The smallest absolute Gasteiger partial charge is 0.128 e. The zero-order chi connectivity index (χ0) is 11.5. The highest BCUT2D eigenvalue weighted by Crippen LogP contribution is 2.21. The maximum atomic E-state index is 4.47. The van der Waals surface area contributed by atoms with Gasteiger partial charge >= 0.3 is 0 Å². The monoisotopic (exact) mass is 240 g/mol. The summed E-state index contributed by atoms with van der Waals surface area (Å²) in [6.07, 6.45) is 0. The predicted molar refractivity (Wildman–Crippen MR) is 70.1 cm³/mol. The number of nitrogens with zero attached hydrogens (tertiary/aromatic N) is 3. The number of hydrogen-bond acceptors (Lipinski definition) is 4. The maximum absolute atomic E-state index is 4.47. The van der Waals surface area contributed by atoms with Crippen LogP contribution in [0, 0.1) is 6.92 Å². The lowest BCUT2D eigenvalue weighted by Crippen LogP contribution is -2.32. The Labute approximate surface area is 101 Å². The van der Waals surface area contributed by atoms with Gasteiger partial charge in [0.05, 0.1) is 5.69 Å². The van der Waals surface area contributed by atoms with Crippen molar-refractivity contribution >= 4 is 17.6 Å². The van der Waals surface area contributed by atoms with Gasteiger partial charge in [-0.05, 0) is 6.92 Å². The molecule has 0 atom stereocenters. The average Bonchev–Trinajstić information content (AvgIpc) is 2.55. The minimum atomic E-state index is 1.02. The summed E-state index contributed by atoms with van der Waals surface area (Å²) in [7, 11) is 3.96. The Morgan fingerprint density at radius 3 is 2.69 bits per heavy atom. The Bertz CT molecular complexity index is 355. The topological polar surface area (TPSA) is 33.1 Å². The first-order valence-corrected chi connectivity index (χ1v) is 6.88. The maximum Gasteiger partial charge on any atom is 0.128 e. The van der Waals surface area contributed by atoms with E-state index in [1.165, 1.54) is 30.2 Å². The molecule has 0 aliphatic carbocycles. The molecule has 90 valence electrons. The summed E-state index contributed by atoms with van der Waals surface area (Å²) in [5, 5.41) is 7.71. The summed E-state index contributed by atoms with van der Waals surface area (Å²) in [4.78, 5) is 2.52. The third-order valence-corrected chi connectivity index (χ3v) is 4.01. The lowest BCUT2D eigenvalue weighted by Gasteiger charge is -2.26. The zero-order valence-electron chi connectivity index (χ0n) is 10.3. The van der Waals surface area contributed by atoms with Crippen LogP contribution in [0.2, 0.25) is 0 Å². The number of thioether (sulfide) groups is 1. The van der Waals surface area contributed by atoms with Crippen LogP contribution in [-0.2, 0) is 13.6 Å². The molecule has 0 saturated carbocycles. The van der Waals surface area contributed by atoms with Crippen molar-refractivity contribution in [2.24, 2.45) is 7.05 Å². The van der Waals surface area contributed by atoms with E-state index >= 15 is 0 Å². The quantitative estimate of drug-likeness (QED) is 0.864. The standard InChI is InChI=1S/C11H20N4S/c1-9-10(11(12-2)14(3)13-9)8-15-4-6-16-7-5-15/h12H,4-8H2,1-3H3. The Kier molecular flexibility index (Phi) is 3.76.